The third kappa shape index (κ3) is 2.49. The predicted octanol–water partition coefficient (Wildman–Crippen LogP) is 0.925. The van der Waals surface area contributed by atoms with Gasteiger partial charge < -0.3 is 10.6 Å². The Bertz CT molecular complexity index is 388. The van der Waals surface area contributed by atoms with Crippen LogP contribution in [0.2, 0.25) is 0 Å². The van der Waals surface area contributed by atoms with Gasteiger partial charge in [-0.3, -0.25) is 9.89 Å². The highest BCUT2D eigenvalue weighted by Crippen LogP contribution is 2.18. The van der Waals surface area contributed by atoms with E-state index < -0.39 is 0 Å². The predicted molar refractivity (Wildman–Crippen MR) is 65.7 cm³/mol. The second-order valence-electron chi connectivity index (χ2n) is 4.52. The van der Waals surface area contributed by atoms with Crippen LogP contribution in [0.1, 0.15) is 42.4 Å². The van der Waals surface area contributed by atoms with Gasteiger partial charge in [0.2, 0.25) is 0 Å². The summed E-state index contributed by atoms with van der Waals surface area (Å²) in [6.45, 7) is 3.37. The first-order chi connectivity index (χ1) is 8.26. The lowest BCUT2D eigenvalue weighted by molar-refractivity contribution is 0.0617. The van der Waals surface area contributed by atoms with Crippen molar-refractivity contribution in [2.45, 2.75) is 38.6 Å². The molecule has 1 aromatic heterocycles. The van der Waals surface area contributed by atoms with Gasteiger partial charge >= 0.3 is 0 Å². The summed E-state index contributed by atoms with van der Waals surface area (Å²) in [5.74, 6) is 0.0103. The fourth-order valence-corrected chi connectivity index (χ4v) is 2.31. The molecule has 1 aliphatic rings. The lowest BCUT2D eigenvalue weighted by Crippen LogP contribution is -2.47. The number of carbonyl (C=O) groups is 1. The third-order valence-corrected chi connectivity index (χ3v) is 3.39. The van der Waals surface area contributed by atoms with Crippen LogP contribution in [0.4, 0.5) is 0 Å². The van der Waals surface area contributed by atoms with E-state index in [0.717, 1.165) is 37.9 Å². The molecule has 5 nitrogen and oxygen atoms in total. The van der Waals surface area contributed by atoms with Crippen molar-refractivity contribution in [2.75, 3.05) is 13.1 Å². The molecule has 0 aromatic carbocycles. The molecule has 17 heavy (non-hydrogen) atoms. The lowest BCUT2D eigenvalue weighted by atomic mass is 10.0. The number of rotatable bonds is 3. The van der Waals surface area contributed by atoms with E-state index in [4.69, 9.17) is 5.73 Å². The Morgan fingerprint density at radius 2 is 2.47 bits per heavy atom. The van der Waals surface area contributed by atoms with E-state index in [9.17, 15) is 4.79 Å². The summed E-state index contributed by atoms with van der Waals surface area (Å²) >= 11 is 0. The minimum Gasteiger partial charge on any atom is -0.333 e. The highest BCUT2D eigenvalue weighted by atomic mass is 16.2. The first-order valence-electron chi connectivity index (χ1n) is 6.31. The summed E-state index contributed by atoms with van der Waals surface area (Å²) in [6.07, 6.45) is 4.09. The van der Waals surface area contributed by atoms with Crippen molar-refractivity contribution in [3.05, 3.63) is 17.5 Å². The van der Waals surface area contributed by atoms with Gasteiger partial charge in [-0.05, 0) is 31.7 Å². The molecule has 0 bridgehead atoms. The maximum absolute atomic E-state index is 12.3. The van der Waals surface area contributed by atoms with Crippen molar-refractivity contribution in [3.63, 3.8) is 0 Å². The van der Waals surface area contributed by atoms with E-state index in [2.05, 4.69) is 10.2 Å². The average Bonchev–Trinajstić information content (AvgIpc) is 2.86. The molecule has 5 heteroatoms. The Morgan fingerprint density at radius 1 is 1.65 bits per heavy atom. The van der Waals surface area contributed by atoms with E-state index in [-0.39, 0.29) is 11.9 Å². The van der Waals surface area contributed by atoms with Crippen molar-refractivity contribution in [1.82, 2.24) is 15.1 Å². The average molecular weight is 236 g/mol. The molecule has 2 rings (SSSR count). The third-order valence-electron chi connectivity index (χ3n) is 3.39. The molecule has 1 unspecified atom stereocenters. The van der Waals surface area contributed by atoms with E-state index in [1.165, 1.54) is 0 Å². The van der Waals surface area contributed by atoms with Gasteiger partial charge in [0.1, 0.15) is 5.69 Å². The van der Waals surface area contributed by atoms with Crippen molar-refractivity contribution in [3.8, 4) is 0 Å². The molecule has 94 valence electrons. The number of aromatic nitrogens is 2. The van der Waals surface area contributed by atoms with Crippen LogP contribution in [0.25, 0.3) is 0 Å². The molecule has 3 N–H and O–H groups in total. The van der Waals surface area contributed by atoms with Crippen molar-refractivity contribution in [1.29, 1.82) is 0 Å². The molecule has 0 aliphatic carbocycles. The smallest absolute Gasteiger partial charge is 0.274 e. The molecule has 0 radical (unpaired) electrons. The number of piperidine rings is 1. The summed E-state index contributed by atoms with van der Waals surface area (Å²) < 4.78 is 0. The van der Waals surface area contributed by atoms with Gasteiger partial charge in [-0.25, -0.2) is 0 Å². The number of nitrogens with one attached hydrogen (secondary N) is 1. The molecule has 0 spiro atoms. The number of aryl methyl sites for hydroxylation is 1. The molecule has 1 atom stereocenters. The van der Waals surface area contributed by atoms with Gasteiger partial charge in [0.15, 0.2) is 0 Å². The van der Waals surface area contributed by atoms with Gasteiger partial charge in [-0.15, -0.1) is 0 Å². The minimum atomic E-state index is 0.0103. The molecule has 0 saturated carbocycles. The van der Waals surface area contributed by atoms with Crippen LogP contribution in [-0.2, 0) is 6.42 Å². The molecule has 1 amide bonds. The van der Waals surface area contributed by atoms with Crippen LogP contribution in [0.5, 0.6) is 0 Å². The van der Waals surface area contributed by atoms with Crippen LogP contribution < -0.4 is 5.73 Å². The second kappa shape index (κ2) is 5.31. The Labute approximate surface area is 101 Å². The lowest BCUT2D eigenvalue weighted by Gasteiger charge is -2.34. The van der Waals surface area contributed by atoms with Gasteiger partial charge in [-0.2, -0.15) is 5.10 Å². The van der Waals surface area contributed by atoms with E-state index >= 15 is 0 Å². The van der Waals surface area contributed by atoms with Gasteiger partial charge in [0.05, 0.1) is 0 Å². The largest absolute Gasteiger partial charge is 0.333 e. The summed E-state index contributed by atoms with van der Waals surface area (Å²) in [5.41, 5.74) is 7.23. The zero-order chi connectivity index (χ0) is 12.3. The normalized spacial score (nSPS) is 20.6. The van der Waals surface area contributed by atoms with E-state index in [1.54, 1.807) is 0 Å². The molecular weight excluding hydrogens is 216 g/mol. The zero-order valence-corrected chi connectivity index (χ0v) is 10.3. The van der Waals surface area contributed by atoms with Crippen LogP contribution in [-0.4, -0.2) is 40.1 Å². The zero-order valence-electron chi connectivity index (χ0n) is 10.3. The number of H-pyrrole nitrogens is 1. The monoisotopic (exact) mass is 236 g/mol. The number of nitrogens with two attached hydrogens (primary N) is 1. The SMILES string of the molecule is CCc1cc(C(=O)N2CCCCC2CN)n[nH]1. The fraction of sp³-hybridized carbons (Fsp3) is 0.667. The maximum Gasteiger partial charge on any atom is 0.274 e. The van der Waals surface area contributed by atoms with Crippen LogP contribution in [0.15, 0.2) is 6.07 Å². The summed E-state index contributed by atoms with van der Waals surface area (Å²) in [6, 6.07) is 2.02. The standard InChI is InChI=1S/C12H20N4O/c1-2-9-7-11(15-14-9)12(17)16-6-4-3-5-10(16)8-13/h7,10H,2-6,8,13H2,1H3,(H,14,15). The van der Waals surface area contributed by atoms with E-state index in [0.29, 0.717) is 12.2 Å². The molecule has 1 fully saturated rings. The highest BCUT2D eigenvalue weighted by Gasteiger charge is 2.27. The topological polar surface area (TPSA) is 75.0 Å². The maximum atomic E-state index is 12.3. The van der Waals surface area contributed by atoms with Crippen molar-refractivity contribution >= 4 is 5.91 Å². The molecule has 2 heterocycles. The number of hydrogen-bond donors (Lipinski definition) is 2. The Kier molecular flexibility index (Phi) is 3.78. The quantitative estimate of drug-likeness (QED) is 0.819. The number of aromatic amines is 1. The van der Waals surface area contributed by atoms with E-state index in [1.807, 2.05) is 17.9 Å². The fourth-order valence-electron chi connectivity index (χ4n) is 2.31. The minimum absolute atomic E-state index is 0.0103. The van der Waals surface area contributed by atoms with Gasteiger partial charge in [0.25, 0.3) is 5.91 Å². The summed E-state index contributed by atoms with van der Waals surface area (Å²) in [4.78, 5) is 14.2. The van der Waals surface area contributed by atoms with Crippen molar-refractivity contribution in [2.24, 2.45) is 5.73 Å². The Balaban J connectivity index is 2.12. The number of amides is 1. The first kappa shape index (κ1) is 12.1. The molecule has 1 aromatic rings. The van der Waals surface area contributed by atoms with Crippen LogP contribution in [0.3, 0.4) is 0 Å². The van der Waals surface area contributed by atoms with Crippen LogP contribution in [0, 0.1) is 0 Å². The van der Waals surface area contributed by atoms with Gasteiger partial charge in [0, 0.05) is 24.8 Å². The first-order valence-corrected chi connectivity index (χ1v) is 6.31. The number of nitrogens with zero attached hydrogens (tertiary/aromatic N) is 2. The Morgan fingerprint density at radius 3 is 3.12 bits per heavy atom. The molecule has 1 saturated heterocycles. The van der Waals surface area contributed by atoms with Crippen molar-refractivity contribution < 1.29 is 4.79 Å². The Hall–Kier alpha value is -1.36. The summed E-state index contributed by atoms with van der Waals surface area (Å²) in [7, 11) is 0. The number of hydrogen-bond acceptors (Lipinski definition) is 3. The second-order valence-corrected chi connectivity index (χ2v) is 4.52. The highest BCUT2D eigenvalue weighted by molar-refractivity contribution is 5.92. The number of likely N-dealkylation sites (tertiary alicyclic amines) is 1. The molecule has 1 aliphatic heterocycles. The van der Waals surface area contributed by atoms with Gasteiger partial charge in [-0.1, -0.05) is 6.92 Å². The van der Waals surface area contributed by atoms with Crippen LogP contribution >= 0.6 is 0 Å². The molecular formula is C12H20N4O. The number of carbonyl (C=O) groups excluding carboxylic acids is 1. The summed E-state index contributed by atoms with van der Waals surface area (Å²) in [5, 5.41) is 6.95.